The van der Waals surface area contributed by atoms with E-state index in [2.05, 4.69) is 20.6 Å². The Labute approximate surface area is 211 Å². The number of ether oxygens (including phenoxy) is 1. The molecule has 5 rings (SSSR count). The van der Waals surface area contributed by atoms with E-state index >= 15 is 0 Å². The first-order chi connectivity index (χ1) is 16.9. The van der Waals surface area contributed by atoms with Gasteiger partial charge < -0.3 is 21.1 Å². The first-order valence-corrected chi connectivity index (χ1v) is 12.5. The van der Waals surface area contributed by atoms with Crippen molar-refractivity contribution < 1.29 is 13.9 Å². The van der Waals surface area contributed by atoms with Gasteiger partial charge in [0.1, 0.15) is 11.3 Å². The summed E-state index contributed by atoms with van der Waals surface area (Å²) in [6.45, 7) is 1.39. The quantitative estimate of drug-likeness (QED) is 0.397. The van der Waals surface area contributed by atoms with Gasteiger partial charge in [-0.05, 0) is 50.7 Å². The standard InChI is InChI=1S/C23H26Cl2FN7O2/c24-15-5-6-16(26)19(18(15)25)31-23-30-17-11-28-22(29-13-7-9-35-10-8-13)32-21(17)33(23)14-3-1-12(2-4-14)20(27)34/h5-6,11-14H,1-4,7-10H2,(H2,27,34)(H,30,31)(H,28,29,32). The lowest BCUT2D eigenvalue weighted by Gasteiger charge is -2.29. The molecule has 1 aliphatic carbocycles. The molecule has 1 saturated heterocycles. The molecule has 0 unspecified atom stereocenters. The highest BCUT2D eigenvalue weighted by Gasteiger charge is 2.30. The Morgan fingerprint density at radius 1 is 1.11 bits per heavy atom. The lowest BCUT2D eigenvalue weighted by molar-refractivity contribution is -0.122. The highest BCUT2D eigenvalue weighted by atomic mass is 35.5. The molecule has 0 spiro atoms. The van der Waals surface area contributed by atoms with Crippen LogP contribution in [-0.2, 0) is 9.53 Å². The van der Waals surface area contributed by atoms with E-state index in [1.54, 1.807) is 6.20 Å². The molecule has 0 radical (unpaired) electrons. The molecule has 3 aromatic rings. The van der Waals surface area contributed by atoms with Gasteiger partial charge in [0, 0.05) is 31.2 Å². The fourth-order valence-electron chi connectivity index (χ4n) is 4.79. The normalized spacial score (nSPS) is 21.2. The summed E-state index contributed by atoms with van der Waals surface area (Å²) in [5.41, 5.74) is 6.74. The molecule has 1 aliphatic heterocycles. The second-order valence-electron chi connectivity index (χ2n) is 8.99. The van der Waals surface area contributed by atoms with Crippen molar-refractivity contribution in [1.29, 1.82) is 0 Å². The van der Waals surface area contributed by atoms with Gasteiger partial charge in [-0.1, -0.05) is 23.2 Å². The first kappa shape index (κ1) is 24.0. The number of nitrogens with zero attached hydrogens (tertiary/aromatic N) is 4. The van der Waals surface area contributed by atoms with Crippen LogP contribution < -0.4 is 16.4 Å². The number of halogens is 3. The van der Waals surface area contributed by atoms with Crippen LogP contribution >= 0.6 is 23.2 Å². The topological polar surface area (TPSA) is 120 Å². The summed E-state index contributed by atoms with van der Waals surface area (Å²) in [6.07, 6.45) is 6.11. The zero-order chi connectivity index (χ0) is 24.5. The molecule has 12 heteroatoms. The van der Waals surface area contributed by atoms with Gasteiger partial charge in [-0.3, -0.25) is 9.36 Å². The third-order valence-corrected chi connectivity index (χ3v) is 7.54. The van der Waals surface area contributed by atoms with E-state index < -0.39 is 5.82 Å². The molecule has 1 amide bonds. The Morgan fingerprint density at radius 2 is 1.86 bits per heavy atom. The third-order valence-electron chi connectivity index (χ3n) is 6.73. The number of nitrogens with one attached hydrogen (secondary N) is 2. The average molecular weight is 522 g/mol. The van der Waals surface area contributed by atoms with Crippen LogP contribution in [0, 0.1) is 11.7 Å². The van der Waals surface area contributed by atoms with Crippen molar-refractivity contribution in [2.45, 2.75) is 50.6 Å². The van der Waals surface area contributed by atoms with Crippen molar-refractivity contribution in [2.75, 3.05) is 23.8 Å². The number of imidazole rings is 1. The molecule has 186 valence electrons. The van der Waals surface area contributed by atoms with Gasteiger partial charge in [-0.25, -0.2) is 14.4 Å². The molecule has 1 aromatic carbocycles. The number of primary amides is 1. The number of amides is 1. The van der Waals surface area contributed by atoms with Gasteiger partial charge in [-0.15, -0.1) is 0 Å². The molecule has 2 aromatic heterocycles. The lowest BCUT2D eigenvalue weighted by Crippen LogP contribution is -2.29. The summed E-state index contributed by atoms with van der Waals surface area (Å²) in [6, 6.07) is 2.85. The van der Waals surface area contributed by atoms with Crippen LogP contribution in [0.5, 0.6) is 0 Å². The molecule has 3 heterocycles. The van der Waals surface area contributed by atoms with Crippen molar-refractivity contribution >= 4 is 57.9 Å². The number of benzene rings is 1. The Hall–Kier alpha value is -2.69. The molecule has 1 saturated carbocycles. The largest absolute Gasteiger partial charge is 0.381 e. The summed E-state index contributed by atoms with van der Waals surface area (Å²) in [4.78, 5) is 25.6. The number of rotatable bonds is 6. The number of carbonyl (C=O) groups excluding carboxylic acids is 1. The molecular weight excluding hydrogens is 496 g/mol. The fraction of sp³-hybridized carbons (Fsp3) is 0.478. The van der Waals surface area contributed by atoms with E-state index in [1.807, 2.05) is 4.57 Å². The summed E-state index contributed by atoms with van der Waals surface area (Å²) in [7, 11) is 0. The molecule has 2 aliphatic rings. The minimum Gasteiger partial charge on any atom is -0.381 e. The SMILES string of the molecule is NC(=O)C1CCC(n2c(Nc3c(F)ccc(Cl)c3Cl)nc3cnc(NC4CCOCC4)nc32)CC1. The Morgan fingerprint density at radius 3 is 2.57 bits per heavy atom. The molecule has 0 atom stereocenters. The van der Waals surface area contributed by atoms with Crippen LogP contribution in [0.3, 0.4) is 0 Å². The van der Waals surface area contributed by atoms with Crippen molar-refractivity contribution in [3.63, 3.8) is 0 Å². The Bertz CT molecular complexity index is 1240. The third kappa shape index (κ3) is 5.00. The van der Waals surface area contributed by atoms with E-state index in [4.69, 9.17) is 38.7 Å². The van der Waals surface area contributed by atoms with Gasteiger partial charge in [0.05, 0.1) is 21.9 Å². The second-order valence-corrected chi connectivity index (χ2v) is 9.78. The van der Waals surface area contributed by atoms with Crippen LogP contribution in [0.1, 0.15) is 44.6 Å². The maximum Gasteiger partial charge on any atom is 0.224 e. The number of aromatic nitrogens is 4. The van der Waals surface area contributed by atoms with Crippen LogP contribution in [0.15, 0.2) is 18.3 Å². The fourth-order valence-corrected chi connectivity index (χ4v) is 5.15. The molecule has 9 nitrogen and oxygen atoms in total. The molecule has 2 fully saturated rings. The second kappa shape index (κ2) is 10.1. The van der Waals surface area contributed by atoms with Gasteiger partial charge in [0.15, 0.2) is 5.65 Å². The van der Waals surface area contributed by atoms with Crippen LogP contribution in [0.2, 0.25) is 10.0 Å². The first-order valence-electron chi connectivity index (χ1n) is 11.7. The number of fused-ring (bicyclic) bond motifs is 1. The number of carbonyl (C=O) groups is 1. The summed E-state index contributed by atoms with van der Waals surface area (Å²) < 4.78 is 22.0. The van der Waals surface area contributed by atoms with Crippen molar-refractivity contribution in [2.24, 2.45) is 11.7 Å². The number of anilines is 3. The smallest absolute Gasteiger partial charge is 0.224 e. The van der Waals surface area contributed by atoms with E-state index in [-0.39, 0.29) is 39.6 Å². The Balaban J connectivity index is 1.53. The Kier molecular flexibility index (Phi) is 6.95. The van der Waals surface area contributed by atoms with Gasteiger partial charge in [0.25, 0.3) is 0 Å². The van der Waals surface area contributed by atoms with E-state index in [9.17, 15) is 9.18 Å². The van der Waals surface area contributed by atoms with Gasteiger partial charge >= 0.3 is 0 Å². The predicted octanol–water partition coefficient (Wildman–Crippen LogP) is 4.82. The number of nitrogens with two attached hydrogens (primary N) is 1. The zero-order valence-electron chi connectivity index (χ0n) is 18.9. The van der Waals surface area contributed by atoms with Crippen molar-refractivity contribution in [3.05, 3.63) is 34.2 Å². The monoisotopic (exact) mass is 521 g/mol. The molecule has 4 N–H and O–H groups in total. The maximum atomic E-state index is 14.7. The zero-order valence-corrected chi connectivity index (χ0v) is 20.4. The minimum absolute atomic E-state index is 0.0232. The average Bonchev–Trinajstić information content (AvgIpc) is 3.22. The van der Waals surface area contributed by atoms with Crippen LogP contribution in [-0.4, -0.2) is 44.7 Å². The predicted molar refractivity (Wildman–Crippen MR) is 133 cm³/mol. The van der Waals surface area contributed by atoms with E-state index in [1.165, 1.54) is 12.1 Å². The van der Waals surface area contributed by atoms with E-state index in [0.29, 0.717) is 62.0 Å². The summed E-state index contributed by atoms with van der Waals surface area (Å²) in [5, 5.41) is 6.71. The molecular formula is C23H26Cl2FN7O2. The van der Waals surface area contributed by atoms with Gasteiger partial charge in [-0.2, -0.15) is 4.98 Å². The van der Waals surface area contributed by atoms with Crippen molar-refractivity contribution in [1.82, 2.24) is 19.5 Å². The van der Waals surface area contributed by atoms with Crippen LogP contribution in [0.4, 0.5) is 22.0 Å². The van der Waals surface area contributed by atoms with Gasteiger partial charge in [0.2, 0.25) is 17.8 Å². The highest BCUT2D eigenvalue weighted by molar-refractivity contribution is 6.43. The summed E-state index contributed by atoms with van der Waals surface area (Å²) in [5.74, 6) is -0.116. The highest BCUT2D eigenvalue weighted by Crippen LogP contribution is 2.39. The van der Waals surface area contributed by atoms with Crippen molar-refractivity contribution in [3.8, 4) is 0 Å². The summed E-state index contributed by atoms with van der Waals surface area (Å²) >= 11 is 12.4. The van der Waals surface area contributed by atoms with Crippen LogP contribution in [0.25, 0.3) is 11.2 Å². The maximum absolute atomic E-state index is 14.7. The number of hydrogen-bond acceptors (Lipinski definition) is 7. The van der Waals surface area contributed by atoms with E-state index in [0.717, 1.165) is 12.8 Å². The molecule has 35 heavy (non-hydrogen) atoms. The lowest BCUT2D eigenvalue weighted by atomic mass is 9.85. The number of hydrogen-bond donors (Lipinski definition) is 3. The molecule has 0 bridgehead atoms. The minimum atomic E-state index is -0.552.